The Morgan fingerprint density at radius 2 is 2.10 bits per heavy atom. The van der Waals surface area contributed by atoms with Crippen LogP contribution < -0.4 is 4.90 Å². The minimum absolute atomic E-state index is 0.184. The smallest absolute Gasteiger partial charge is 0.417 e. The number of carbonyl (C=O) groups is 1. The molecule has 1 heterocycles. The van der Waals surface area contributed by atoms with Crippen molar-refractivity contribution >= 4 is 23.1 Å². The SMILES string of the molecule is CC(CO)N(C(=O)OC(C)(C)C)c1nc2ccccc2[nH]1. The van der Waals surface area contributed by atoms with Gasteiger partial charge in [-0.2, -0.15) is 0 Å². The van der Waals surface area contributed by atoms with Gasteiger partial charge in [0.25, 0.3) is 0 Å². The van der Waals surface area contributed by atoms with Crippen molar-refractivity contribution < 1.29 is 14.6 Å². The fourth-order valence-corrected chi connectivity index (χ4v) is 1.92. The quantitative estimate of drug-likeness (QED) is 0.911. The molecule has 0 radical (unpaired) electrons. The lowest BCUT2D eigenvalue weighted by atomic mass is 10.2. The molecule has 6 nitrogen and oxygen atoms in total. The molecule has 0 saturated heterocycles. The molecule has 0 aliphatic rings. The summed E-state index contributed by atoms with van der Waals surface area (Å²) in [6.07, 6.45) is -0.539. The molecule has 1 aromatic heterocycles. The predicted molar refractivity (Wildman–Crippen MR) is 81.4 cm³/mol. The summed E-state index contributed by atoms with van der Waals surface area (Å²) >= 11 is 0. The second-order valence-corrected chi connectivity index (χ2v) is 5.96. The molecule has 2 aromatic rings. The number of hydrogen-bond donors (Lipinski definition) is 2. The molecule has 6 heteroatoms. The average molecular weight is 291 g/mol. The number of ether oxygens (including phenoxy) is 1. The molecule has 21 heavy (non-hydrogen) atoms. The van der Waals surface area contributed by atoms with E-state index in [0.717, 1.165) is 11.0 Å². The number of para-hydroxylation sites is 2. The minimum Gasteiger partial charge on any atom is -0.443 e. The third-order valence-corrected chi connectivity index (χ3v) is 2.90. The van der Waals surface area contributed by atoms with Gasteiger partial charge in [-0.25, -0.2) is 14.7 Å². The number of aliphatic hydroxyl groups is 1. The number of amides is 1. The molecule has 1 aromatic carbocycles. The zero-order valence-corrected chi connectivity index (χ0v) is 12.8. The fraction of sp³-hybridized carbons (Fsp3) is 0.467. The summed E-state index contributed by atoms with van der Waals surface area (Å²) in [5, 5.41) is 9.40. The van der Waals surface area contributed by atoms with Crippen molar-refractivity contribution in [3.8, 4) is 0 Å². The van der Waals surface area contributed by atoms with Gasteiger partial charge in [0.15, 0.2) is 0 Å². The molecule has 0 saturated carbocycles. The van der Waals surface area contributed by atoms with Crippen LogP contribution in [0.1, 0.15) is 27.7 Å². The summed E-state index contributed by atoms with van der Waals surface area (Å²) in [4.78, 5) is 21.2. The molecule has 0 aliphatic heterocycles. The van der Waals surface area contributed by atoms with Crippen molar-refractivity contribution in [3.05, 3.63) is 24.3 Å². The molecule has 114 valence electrons. The number of fused-ring (bicyclic) bond motifs is 1. The van der Waals surface area contributed by atoms with E-state index in [1.165, 1.54) is 4.90 Å². The van der Waals surface area contributed by atoms with Crippen LogP contribution in [0.15, 0.2) is 24.3 Å². The number of imidazole rings is 1. The minimum atomic E-state index is -0.615. The van der Waals surface area contributed by atoms with Crippen molar-refractivity contribution in [1.29, 1.82) is 0 Å². The number of aromatic amines is 1. The predicted octanol–water partition coefficient (Wildman–Crippen LogP) is 2.69. The van der Waals surface area contributed by atoms with Gasteiger partial charge >= 0.3 is 6.09 Å². The van der Waals surface area contributed by atoms with Gasteiger partial charge in [0.2, 0.25) is 5.95 Å². The second kappa shape index (κ2) is 5.73. The lowest BCUT2D eigenvalue weighted by molar-refractivity contribution is 0.0552. The number of aromatic nitrogens is 2. The molecular weight excluding hydrogens is 270 g/mol. The number of nitrogens with zero attached hydrogens (tertiary/aromatic N) is 2. The molecule has 0 bridgehead atoms. The van der Waals surface area contributed by atoms with E-state index in [-0.39, 0.29) is 6.61 Å². The first-order valence-corrected chi connectivity index (χ1v) is 6.89. The largest absolute Gasteiger partial charge is 0.443 e. The maximum atomic E-state index is 12.4. The maximum Gasteiger partial charge on any atom is 0.417 e. The number of carbonyl (C=O) groups excluding carboxylic acids is 1. The van der Waals surface area contributed by atoms with E-state index >= 15 is 0 Å². The standard InChI is InChI=1S/C15H21N3O3/c1-10(9-19)18(14(20)21-15(2,3)4)13-16-11-7-5-6-8-12(11)17-13/h5-8,10,19H,9H2,1-4H3,(H,16,17). The highest BCUT2D eigenvalue weighted by molar-refractivity contribution is 5.89. The normalized spacial score (nSPS) is 13.2. The summed E-state index contributed by atoms with van der Waals surface area (Å²) < 4.78 is 5.39. The Hall–Kier alpha value is -2.08. The number of nitrogens with one attached hydrogen (secondary N) is 1. The molecule has 1 unspecified atom stereocenters. The molecule has 1 atom stereocenters. The summed E-state index contributed by atoms with van der Waals surface area (Å²) in [6, 6.07) is 7.05. The van der Waals surface area contributed by atoms with Gasteiger partial charge in [-0.05, 0) is 39.8 Å². The van der Waals surface area contributed by atoms with E-state index in [2.05, 4.69) is 9.97 Å². The Morgan fingerprint density at radius 1 is 1.43 bits per heavy atom. The Morgan fingerprint density at radius 3 is 2.67 bits per heavy atom. The highest BCUT2D eigenvalue weighted by Gasteiger charge is 2.29. The van der Waals surface area contributed by atoms with Crippen LogP contribution in [-0.2, 0) is 4.74 Å². The van der Waals surface area contributed by atoms with Crippen molar-refractivity contribution in [3.63, 3.8) is 0 Å². The summed E-state index contributed by atoms with van der Waals surface area (Å²) in [5.74, 6) is 0.368. The summed E-state index contributed by atoms with van der Waals surface area (Å²) in [6.45, 7) is 6.94. The average Bonchev–Trinajstić information content (AvgIpc) is 2.79. The number of benzene rings is 1. The zero-order valence-electron chi connectivity index (χ0n) is 12.8. The molecule has 0 fully saturated rings. The van der Waals surface area contributed by atoms with Gasteiger partial charge in [0.1, 0.15) is 5.60 Å². The Balaban J connectivity index is 2.37. The Kier molecular flexibility index (Phi) is 4.18. The first-order chi connectivity index (χ1) is 9.81. The monoisotopic (exact) mass is 291 g/mol. The van der Waals surface area contributed by atoms with Gasteiger partial charge in [0, 0.05) is 0 Å². The number of aliphatic hydroxyl groups excluding tert-OH is 1. The van der Waals surface area contributed by atoms with Crippen LogP contribution in [0.2, 0.25) is 0 Å². The van der Waals surface area contributed by atoms with Crippen molar-refractivity contribution in [2.75, 3.05) is 11.5 Å². The van der Waals surface area contributed by atoms with E-state index in [9.17, 15) is 9.90 Å². The molecule has 0 spiro atoms. The van der Waals surface area contributed by atoms with Crippen LogP contribution >= 0.6 is 0 Å². The topological polar surface area (TPSA) is 78.4 Å². The summed E-state index contributed by atoms with van der Waals surface area (Å²) in [7, 11) is 0. The number of rotatable bonds is 3. The van der Waals surface area contributed by atoms with E-state index in [1.54, 1.807) is 27.7 Å². The summed E-state index contributed by atoms with van der Waals surface area (Å²) in [5.41, 5.74) is 0.966. The highest BCUT2D eigenvalue weighted by Crippen LogP contribution is 2.21. The number of hydrogen-bond acceptors (Lipinski definition) is 4. The van der Waals surface area contributed by atoms with E-state index in [1.807, 2.05) is 24.3 Å². The number of anilines is 1. The van der Waals surface area contributed by atoms with Crippen LogP contribution in [-0.4, -0.2) is 39.4 Å². The van der Waals surface area contributed by atoms with Gasteiger partial charge < -0.3 is 14.8 Å². The van der Waals surface area contributed by atoms with Crippen molar-refractivity contribution in [2.24, 2.45) is 0 Å². The van der Waals surface area contributed by atoms with E-state index < -0.39 is 17.7 Å². The highest BCUT2D eigenvalue weighted by atomic mass is 16.6. The maximum absolute atomic E-state index is 12.4. The molecule has 2 N–H and O–H groups in total. The van der Waals surface area contributed by atoms with Gasteiger partial charge in [-0.3, -0.25) is 0 Å². The number of H-pyrrole nitrogens is 1. The zero-order chi connectivity index (χ0) is 15.6. The Bertz CT molecular complexity index is 597. The molecule has 0 aliphatic carbocycles. The lowest BCUT2D eigenvalue weighted by Crippen LogP contribution is -2.44. The van der Waals surface area contributed by atoms with E-state index in [4.69, 9.17) is 4.74 Å². The van der Waals surface area contributed by atoms with Crippen molar-refractivity contribution in [2.45, 2.75) is 39.3 Å². The van der Waals surface area contributed by atoms with Crippen LogP contribution in [0.4, 0.5) is 10.7 Å². The van der Waals surface area contributed by atoms with Crippen LogP contribution in [0, 0.1) is 0 Å². The second-order valence-electron chi connectivity index (χ2n) is 5.96. The third kappa shape index (κ3) is 3.52. The van der Waals surface area contributed by atoms with Gasteiger partial charge in [-0.1, -0.05) is 12.1 Å². The molecule has 2 rings (SSSR count). The van der Waals surface area contributed by atoms with Gasteiger partial charge in [0.05, 0.1) is 23.7 Å². The van der Waals surface area contributed by atoms with Crippen LogP contribution in [0.5, 0.6) is 0 Å². The first kappa shape index (κ1) is 15.3. The van der Waals surface area contributed by atoms with Crippen LogP contribution in [0.25, 0.3) is 11.0 Å². The first-order valence-electron chi connectivity index (χ1n) is 6.89. The Labute approximate surface area is 123 Å². The van der Waals surface area contributed by atoms with Gasteiger partial charge in [-0.15, -0.1) is 0 Å². The molecular formula is C15H21N3O3. The third-order valence-electron chi connectivity index (χ3n) is 2.90. The van der Waals surface area contributed by atoms with Crippen molar-refractivity contribution in [1.82, 2.24) is 9.97 Å². The fourth-order valence-electron chi connectivity index (χ4n) is 1.92. The lowest BCUT2D eigenvalue weighted by Gasteiger charge is -2.29. The molecule has 1 amide bonds. The van der Waals surface area contributed by atoms with E-state index in [0.29, 0.717) is 5.95 Å². The van der Waals surface area contributed by atoms with Crippen LogP contribution in [0.3, 0.4) is 0 Å².